The number of phenolic OH excluding ortho intramolecular Hbond substituents is 2. The minimum Gasteiger partial charge on any atom is -0.508 e. The molecule has 0 radical (unpaired) electrons. The molecule has 0 spiro atoms. The second-order valence-corrected chi connectivity index (χ2v) is 9.87. The van der Waals surface area contributed by atoms with Crippen molar-refractivity contribution < 1.29 is 24.5 Å². The molecule has 2 aromatic carbocycles. The zero-order chi connectivity index (χ0) is 25.6. The Labute approximate surface area is 210 Å². The average molecular weight is 492 g/mol. The maximum absolute atomic E-state index is 13.0. The van der Waals surface area contributed by atoms with Gasteiger partial charge in [-0.05, 0) is 71.2 Å². The number of rotatable bonds is 7. The highest BCUT2D eigenvalue weighted by Crippen LogP contribution is 2.41. The van der Waals surface area contributed by atoms with E-state index >= 15 is 0 Å². The molecule has 190 valence electrons. The third-order valence-corrected chi connectivity index (χ3v) is 7.43. The predicted molar refractivity (Wildman–Crippen MR) is 139 cm³/mol. The zero-order valence-electron chi connectivity index (χ0n) is 21.2. The third kappa shape index (κ3) is 4.31. The quantitative estimate of drug-likeness (QED) is 0.483. The van der Waals surface area contributed by atoms with Crippen molar-refractivity contribution in [1.29, 1.82) is 0 Å². The van der Waals surface area contributed by atoms with E-state index in [1.54, 1.807) is 13.2 Å². The third-order valence-electron chi connectivity index (χ3n) is 7.43. The van der Waals surface area contributed by atoms with Gasteiger partial charge in [-0.1, -0.05) is 0 Å². The highest BCUT2D eigenvalue weighted by Gasteiger charge is 2.32. The summed E-state index contributed by atoms with van der Waals surface area (Å²) in [6.45, 7) is 6.17. The number of methoxy groups -OCH3 is 1. The van der Waals surface area contributed by atoms with Crippen molar-refractivity contribution in [2.75, 3.05) is 40.8 Å². The molecule has 3 heterocycles. The fourth-order valence-electron chi connectivity index (χ4n) is 5.38. The fourth-order valence-corrected chi connectivity index (χ4v) is 5.38. The lowest BCUT2D eigenvalue weighted by molar-refractivity contribution is 0.101. The van der Waals surface area contributed by atoms with E-state index in [2.05, 4.69) is 34.5 Å². The topological polar surface area (TPSA) is 87.4 Å². The van der Waals surface area contributed by atoms with Crippen molar-refractivity contribution in [3.8, 4) is 23.0 Å². The number of benzene rings is 2. The number of hydrogen-bond acceptors (Lipinski definition) is 7. The van der Waals surface area contributed by atoms with Crippen LogP contribution in [0.4, 0.5) is 0 Å². The van der Waals surface area contributed by atoms with Crippen LogP contribution in [0.2, 0.25) is 0 Å². The zero-order valence-corrected chi connectivity index (χ0v) is 21.2. The summed E-state index contributed by atoms with van der Waals surface area (Å²) in [6, 6.07) is 9.09. The number of carbonyl (C=O) groups is 1. The Kier molecular flexibility index (Phi) is 6.40. The predicted octanol–water partition coefficient (Wildman–Crippen LogP) is 4.01. The molecule has 2 aliphatic rings. The number of likely N-dealkylation sites (N-methyl/N-ethyl adjacent to an activating group) is 1. The molecule has 8 nitrogen and oxygen atoms in total. The van der Waals surface area contributed by atoms with Gasteiger partial charge in [0.25, 0.3) is 0 Å². The lowest BCUT2D eigenvalue weighted by Gasteiger charge is -2.20. The van der Waals surface area contributed by atoms with Crippen molar-refractivity contribution in [2.24, 2.45) is 0 Å². The van der Waals surface area contributed by atoms with Crippen molar-refractivity contribution in [3.05, 3.63) is 52.9 Å². The first-order valence-corrected chi connectivity index (χ1v) is 12.3. The molecule has 0 bridgehead atoms. The second-order valence-electron chi connectivity index (χ2n) is 9.87. The first-order chi connectivity index (χ1) is 17.3. The van der Waals surface area contributed by atoms with Crippen LogP contribution in [0.3, 0.4) is 0 Å². The van der Waals surface area contributed by atoms with Gasteiger partial charge in [-0.2, -0.15) is 0 Å². The normalized spacial score (nSPS) is 19.0. The van der Waals surface area contributed by atoms with Crippen molar-refractivity contribution in [2.45, 2.75) is 32.4 Å². The Balaban J connectivity index is 1.45. The number of nitrogens with zero attached hydrogens (tertiary/aromatic N) is 3. The van der Waals surface area contributed by atoms with Gasteiger partial charge < -0.3 is 34.1 Å². The first-order valence-electron chi connectivity index (χ1n) is 12.3. The molecule has 1 unspecified atom stereocenters. The van der Waals surface area contributed by atoms with E-state index in [1.807, 2.05) is 19.1 Å². The smallest absolute Gasteiger partial charge is 0.235 e. The van der Waals surface area contributed by atoms with E-state index in [0.717, 1.165) is 66.6 Å². The summed E-state index contributed by atoms with van der Waals surface area (Å²) < 4.78 is 13.5. The number of fused-ring (bicyclic) bond motifs is 2. The lowest BCUT2D eigenvalue weighted by Crippen LogP contribution is -2.32. The number of aromatic nitrogens is 1. The van der Waals surface area contributed by atoms with E-state index in [9.17, 15) is 15.0 Å². The molecule has 2 aliphatic heterocycles. The molecule has 3 aromatic rings. The van der Waals surface area contributed by atoms with Gasteiger partial charge in [-0.25, -0.2) is 0 Å². The Morgan fingerprint density at radius 2 is 2.00 bits per heavy atom. The maximum atomic E-state index is 13.0. The van der Waals surface area contributed by atoms with Crippen LogP contribution >= 0.6 is 0 Å². The van der Waals surface area contributed by atoms with E-state index < -0.39 is 5.78 Å². The van der Waals surface area contributed by atoms with E-state index in [1.165, 1.54) is 12.5 Å². The molecule has 36 heavy (non-hydrogen) atoms. The largest absolute Gasteiger partial charge is 0.508 e. The van der Waals surface area contributed by atoms with Gasteiger partial charge in [0.15, 0.2) is 5.76 Å². The molecule has 0 amide bonds. The maximum Gasteiger partial charge on any atom is 0.235 e. The molecule has 8 heteroatoms. The van der Waals surface area contributed by atoms with E-state index in [-0.39, 0.29) is 28.6 Å². The summed E-state index contributed by atoms with van der Waals surface area (Å²) in [5, 5.41) is 20.9. The average Bonchev–Trinajstić information content (AvgIpc) is 3.50. The number of allylic oxidation sites excluding steroid dienone is 1. The van der Waals surface area contributed by atoms with Crippen molar-refractivity contribution >= 4 is 22.8 Å². The van der Waals surface area contributed by atoms with Crippen LogP contribution in [-0.2, 0) is 6.54 Å². The highest BCUT2D eigenvalue weighted by atomic mass is 16.5. The SMILES string of the molecule is COc1ccc2c(c1)c(C=C1Oc3cc(O)cc(O)c3C1=O)c(C)n2CCCN1CCC(N(C)C)C1. The van der Waals surface area contributed by atoms with Crippen LogP contribution in [0.5, 0.6) is 23.0 Å². The molecule has 2 N–H and O–H groups in total. The number of aryl methyl sites for hydroxylation is 1. The van der Waals surface area contributed by atoms with Gasteiger partial charge in [0.1, 0.15) is 28.6 Å². The standard InChI is InChI=1S/C28H33N3O5/c1-17-21(15-26-28(34)27-24(33)12-19(32)13-25(27)36-26)22-14-20(35-4)6-7-23(22)31(17)10-5-9-30-11-8-18(16-30)29(2)3/h6-7,12-15,18,32-33H,5,8-11,16H2,1-4H3. The second kappa shape index (κ2) is 9.52. The molecule has 1 atom stereocenters. The number of phenols is 2. The van der Waals surface area contributed by atoms with Crippen LogP contribution in [-0.4, -0.2) is 77.2 Å². The molecule has 1 saturated heterocycles. The van der Waals surface area contributed by atoms with Gasteiger partial charge in [0.05, 0.1) is 7.11 Å². The minimum atomic E-state index is -0.407. The van der Waals surface area contributed by atoms with E-state index in [4.69, 9.17) is 9.47 Å². The van der Waals surface area contributed by atoms with Gasteiger partial charge >= 0.3 is 0 Å². The molecule has 1 aromatic heterocycles. The number of carbonyl (C=O) groups excluding carboxylic acids is 1. The van der Waals surface area contributed by atoms with Crippen LogP contribution in [0.15, 0.2) is 36.1 Å². The van der Waals surface area contributed by atoms with Crippen molar-refractivity contribution in [3.63, 3.8) is 0 Å². The lowest BCUT2D eigenvalue weighted by atomic mass is 10.1. The van der Waals surface area contributed by atoms with Crippen molar-refractivity contribution in [1.82, 2.24) is 14.4 Å². The molecule has 1 fully saturated rings. The molecular formula is C28H33N3O5. The summed E-state index contributed by atoms with van der Waals surface area (Å²) in [6.07, 6.45) is 3.95. The van der Waals surface area contributed by atoms with E-state index in [0.29, 0.717) is 6.04 Å². The molecule has 0 saturated carbocycles. The Bertz CT molecular complexity index is 1360. The van der Waals surface area contributed by atoms with Crippen LogP contribution in [0, 0.1) is 6.92 Å². The monoisotopic (exact) mass is 491 g/mol. The number of ketones is 1. The molecule has 5 rings (SSSR count). The van der Waals surface area contributed by atoms with Gasteiger partial charge in [0.2, 0.25) is 5.78 Å². The Morgan fingerprint density at radius 3 is 2.72 bits per heavy atom. The summed E-state index contributed by atoms with van der Waals surface area (Å²) in [5.74, 6) is 0.142. The van der Waals surface area contributed by atoms with Crippen LogP contribution in [0.25, 0.3) is 17.0 Å². The number of Topliss-reactive ketones (excluding diaryl/α,β-unsaturated/α-hetero) is 1. The van der Waals surface area contributed by atoms with Gasteiger partial charge in [0, 0.05) is 53.4 Å². The summed E-state index contributed by atoms with van der Waals surface area (Å²) >= 11 is 0. The Morgan fingerprint density at radius 1 is 1.19 bits per heavy atom. The highest BCUT2D eigenvalue weighted by molar-refractivity contribution is 6.17. The van der Waals surface area contributed by atoms with Gasteiger partial charge in [-0.15, -0.1) is 0 Å². The van der Waals surface area contributed by atoms with Crippen LogP contribution in [0.1, 0.15) is 34.5 Å². The summed E-state index contributed by atoms with van der Waals surface area (Å²) in [5.41, 5.74) is 3.03. The summed E-state index contributed by atoms with van der Waals surface area (Å²) in [7, 11) is 5.93. The first kappa shape index (κ1) is 24.2. The number of aromatic hydroxyl groups is 2. The summed E-state index contributed by atoms with van der Waals surface area (Å²) in [4.78, 5) is 17.9. The minimum absolute atomic E-state index is 0.0691. The fraction of sp³-hybridized carbons (Fsp3) is 0.393. The molecular weight excluding hydrogens is 458 g/mol. The number of hydrogen-bond donors (Lipinski definition) is 2. The van der Waals surface area contributed by atoms with Gasteiger partial charge in [-0.3, -0.25) is 4.79 Å². The number of ether oxygens (including phenoxy) is 2. The Hall–Kier alpha value is -3.49. The van der Waals surface area contributed by atoms with Crippen LogP contribution < -0.4 is 9.47 Å². The molecule has 0 aliphatic carbocycles. The number of likely N-dealkylation sites (tertiary alicyclic amines) is 1.